The number of hydrogen-bond acceptors (Lipinski definition) is 7. The van der Waals surface area contributed by atoms with Crippen molar-refractivity contribution in [2.45, 2.75) is 12.8 Å². The minimum absolute atomic E-state index is 0.557. The van der Waals surface area contributed by atoms with Gasteiger partial charge in [0.1, 0.15) is 5.82 Å². The summed E-state index contributed by atoms with van der Waals surface area (Å²) in [4.78, 5) is 8.71. The number of nitrogen functional groups attached to an aromatic ring is 1. The predicted octanol–water partition coefficient (Wildman–Crippen LogP) is 2.04. The van der Waals surface area contributed by atoms with E-state index in [0.29, 0.717) is 35.3 Å². The number of aromatic nitrogens is 4. The average Bonchev–Trinajstić information content (AvgIpc) is 3.16. The molecule has 120 valence electrons. The second kappa shape index (κ2) is 6.66. The van der Waals surface area contributed by atoms with E-state index >= 15 is 0 Å². The summed E-state index contributed by atoms with van der Waals surface area (Å²) >= 11 is 1.42. The van der Waals surface area contributed by atoms with Crippen molar-refractivity contribution in [1.29, 1.82) is 0 Å². The molecule has 0 amide bonds. The Bertz CT molecular complexity index is 799. The van der Waals surface area contributed by atoms with Gasteiger partial charge < -0.3 is 15.2 Å². The first kappa shape index (κ1) is 15.3. The minimum atomic E-state index is 0.557. The molecule has 0 saturated carbocycles. The van der Waals surface area contributed by atoms with Crippen molar-refractivity contribution in [2.24, 2.45) is 0 Å². The van der Waals surface area contributed by atoms with E-state index in [-0.39, 0.29) is 0 Å². The Morgan fingerprint density at radius 3 is 2.65 bits per heavy atom. The smallest absolute Gasteiger partial charge is 0.180 e. The lowest BCUT2D eigenvalue weighted by atomic mass is 10.1. The Labute approximate surface area is 137 Å². The zero-order chi connectivity index (χ0) is 16.2. The van der Waals surface area contributed by atoms with E-state index in [9.17, 15) is 0 Å². The molecular weight excluding hydrogens is 314 g/mol. The van der Waals surface area contributed by atoms with Crippen LogP contribution in [0.2, 0.25) is 0 Å². The minimum Gasteiger partial charge on any atom is -0.493 e. The number of rotatable bonds is 6. The second-order valence-electron chi connectivity index (χ2n) is 4.92. The molecule has 0 aliphatic heterocycles. The average molecular weight is 331 g/mol. The summed E-state index contributed by atoms with van der Waals surface area (Å²) in [6.45, 7) is 0. The lowest BCUT2D eigenvalue weighted by molar-refractivity contribution is 0.354. The highest BCUT2D eigenvalue weighted by molar-refractivity contribution is 7.13. The lowest BCUT2D eigenvalue weighted by Crippen LogP contribution is -1.95. The Kier molecular flexibility index (Phi) is 4.42. The number of hydrogen-bond donors (Lipinski definition) is 2. The molecule has 0 atom stereocenters. The number of nitrogens with two attached hydrogens (primary N) is 1. The van der Waals surface area contributed by atoms with Gasteiger partial charge in [0.05, 0.1) is 26.3 Å². The number of methoxy groups -OCH3 is 2. The number of benzene rings is 1. The Morgan fingerprint density at radius 2 is 1.96 bits per heavy atom. The second-order valence-corrected chi connectivity index (χ2v) is 5.81. The van der Waals surface area contributed by atoms with Crippen molar-refractivity contribution in [3.8, 4) is 11.5 Å². The van der Waals surface area contributed by atoms with E-state index in [1.54, 1.807) is 14.2 Å². The molecule has 3 rings (SSSR count). The maximum atomic E-state index is 5.63. The number of ether oxygens (including phenoxy) is 2. The maximum Gasteiger partial charge on any atom is 0.180 e. The fourth-order valence-corrected chi connectivity index (χ4v) is 2.81. The predicted molar refractivity (Wildman–Crippen MR) is 88.1 cm³/mol. The summed E-state index contributed by atoms with van der Waals surface area (Å²) in [5.41, 5.74) is 7.56. The molecule has 8 heteroatoms. The molecule has 3 N–H and O–H groups in total. The van der Waals surface area contributed by atoms with Gasteiger partial charge in [-0.15, -0.1) is 11.3 Å². The standard InChI is InChI=1S/C15H17N5O2S/c1-21-11-4-3-9(5-12(11)22-2)6-13-18-14(20-19-13)7-10-8-23-15(16)17-10/h3-5,8H,6-7H2,1-2H3,(H2,16,17)(H,18,19,20). The topological polar surface area (TPSA) is 98.9 Å². The lowest BCUT2D eigenvalue weighted by Gasteiger charge is -2.08. The van der Waals surface area contributed by atoms with Crippen LogP contribution in [0.5, 0.6) is 11.5 Å². The molecule has 0 saturated heterocycles. The van der Waals surface area contributed by atoms with Gasteiger partial charge in [0.15, 0.2) is 22.5 Å². The Balaban J connectivity index is 1.71. The normalized spacial score (nSPS) is 10.7. The van der Waals surface area contributed by atoms with E-state index < -0.39 is 0 Å². The van der Waals surface area contributed by atoms with E-state index in [1.807, 2.05) is 23.6 Å². The zero-order valence-electron chi connectivity index (χ0n) is 12.9. The van der Waals surface area contributed by atoms with Crippen LogP contribution in [-0.2, 0) is 12.8 Å². The van der Waals surface area contributed by atoms with Crippen LogP contribution in [0.4, 0.5) is 5.13 Å². The summed E-state index contributed by atoms with van der Waals surface area (Å²) in [6, 6.07) is 5.79. The van der Waals surface area contributed by atoms with Gasteiger partial charge in [0.25, 0.3) is 0 Å². The number of aromatic amines is 1. The van der Waals surface area contributed by atoms with Crippen LogP contribution in [0.15, 0.2) is 23.6 Å². The molecule has 0 unspecified atom stereocenters. The molecule has 0 bridgehead atoms. The van der Waals surface area contributed by atoms with Crippen LogP contribution < -0.4 is 15.2 Å². The van der Waals surface area contributed by atoms with Crippen LogP contribution in [0.1, 0.15) is 22.9 Å². The summed E-state index contributed by atoms with van der Waals surface area (Å²) in [6.07, 6.45) is 1.20. The molecule has 0 fully saturated rings. The molecule has 0 aliphatic carbocycles. The van der Waals surface area contributed by atoms with E-state index in [4.69, 9.17) is 15.2 Å². The van der Waals surface area contributed by atoms with Gasteiger partial charge in [-0.05, 0) is 17.7 Å². The molecular formula is C15H17N5O2S. The molecule has 7 nitrogen and oxygen atoms in total. The van der Waals surface area contributed by atoms with Crippen LogP contribution >= 0.6 is 11.3 Å². The maximum absolute atomic E-state index is 5.63. The summed E-state index contributed by atoms with van der Waals surface area (Å²) < 4.78 is 10.5. The van der Waals surface area contributed by atoms with Crippen molar-refractivity contribution in [3.63, 3.8) is 0 Å². The number of H-pyrrole nitrogens is 1. The third-order valence-corrected chi connectivity index (χ3v) is 4.03. The summed E-state index contributed by atoms with van der Waals surface area (Å²) in [5.74, 6) is 2.89. The number of anilines is 1. The van der Waals surface area contributed by atoms with Crippen molar-refractivity contribution in [3.05, 3.63) is 46.5 Å². The molecule has 3 aromatic rings. The van der Waals surface area contributed by atoms with Gasteiger partial charge in [-0.2, -0.15) is 5.10 Å². The third-order valence-electron chi connectivity index (χ3n) is 3.31. The number of nitrogens with zero attached hydrogens (tertiary/aromatic N) is 3. The first-order chi connectivity index (χ1) is 11.2. The molecule has 2 aromatic heterocycles. The number of thiazole rings is 1. The SMILES string of the molecule is COc1ccc(Cc2nc(Cc3csc(N)n3)n[nH]2)cc1OC. The van der Waals surface area contributed by atoms with Crippen molar-refractivity contribution >= 4 is 16.5 Å². The fourth-order valence-electron chi connectivity index (χ4n) is 2.24. The fraction of sp³-hybridized carbons (Fsp3) is 0.267. The molecule has 2 heterocycles. The largest absolute Gasteiger partial charge is 0.493 e. The first-order valence-corrected chi connectivity index (χ1v) is 7.87. The van der Waals surface area contributed by atoms with E-state index in [0.717, 1.165) is 17.1 Å². The van der Waals surface area contributed by atoms with Gasteiger partial charge in [-0.1, -0.05) is 6.07 Å². The first-order valence-electron chi connectivity index (χ1n) is 6.99. The highest BCUT2D eigenvalue weighted by atomic mass is 32.1. The monoisotopic (exact) mass is 331 g/mol. The van der Waals surface area contributed by atoms with Crippen molar-refractivity contribution in [1.82, 2.24) is 20.2 Å². The van der Waals surface area contributed by atoms with E-state index in [2.05, 4.69) is 20.2 Å². The van der Waals surface area contributed by atoms with Gasteiger partial charge >= 0.3 is 0 Å². The van der Waals surface area contributed by atoms with Crippen LogP contribution in [-0.4, -0.2) is 34.4 Å². The molecule has 23 heavy (non-hydrogen) atoms. The van der Waals surface area contributed by atoms with Crippen molar-refractivity contribution in [2.75, 3.05) is 20.0 Å². The molecule has 0 aliphatic rings. The quantitative estimate of drug-likeness (QED) is 0.717. The zero-order valence-corrected chi connectivity index (χ0v) is 13.7. The number of nitrogens with one attached hydrogen (secondary N) is 1. The third kappa shape index (κ3) is 3.59. The highest BCUT2D eigenvalue weighted by Gasteiger charge is 2.09. The van der Waals surface area contributed by atoms with Gasteiger partial charge in [0, 0.05) is 11.8 Å². The van der Waals surface area contributed by atoms with Crippen molar-refractivity contribution < 1.29 is 9.47 Å². The van der Waals surface area contributed by atoms with Gasteiger partial charge in [-0.3, -0.25) is 5.10 Å². The van der Waals surface area contributed by atoms with E-state index in [1.165, 1.54) is 11.3 Å². The molecule has 0 spiro atoms. The summed E-state index contributed by atoms with van der Waals surface area (Å²) in [5, 5.41) is 9.66. The Hall–Kier alpha value is -2.61. The van der Waals surface area contributed by atoms with Gasteiger partial charge in [0.2, 0.25) is 0 Å². The van der Waals surface area contributed by atoms with Crippen LogP contribution in [0, 0.1) is 0 Å². The highest BCUT2D eigenvalue weighted by Crippen LogP contribution is 2.28. The van der Waals surface area contributed by atoms with Gasteiger partial charge in [-0.25, -0.2) is 9.97 Å². The Morgan fingerprint density at radius 1 is 1.13 bits per heavy atom. The van der Waals surface area contributed by atoms with Crippen LogP contribution in [0.25, 0.3) is 0 Å². The molecule has 1 aromatic carbocycles. The van der Waals surface area contributed by atoms with Crippen LogP contribution in [0.3, 0.4) is 0 Å². The summed E-state index contributed by atoms with van der Waals surface area (Å²) in [7, 11) is 3.24. The molecule has 0 radical (unpaired) electrons.